The van der Waals surface area contributed by atoms with Gasteiger partial charge in [0, 0.05) is 12.2 Å². The lowest BCUT2D eigenvalue weighted by molar-refractivity contribution is 0.0819. The number of hydrogen-bond acceptors (Lipinski definition) is 3. The third-order valence-electron chi connectivity index (χ3n) is 2.63. The summed E-state index contributed by atoms with van der Waals surface area (Å²) in [6, 6.07) is 7.45. The first kappa shape index (κ1) is 15.9. The zero-order valence-corrected chi connectivity index (χ0v) is 12.8. The van der Waals surface area contributed by atoms with Gasteiger partial charge in [0.05, 0.1) is 6.61 Å². The van der Waals surface area contributed by atoms with Crippen molar-refractivity contribution in [2.45, 2.75) is 27.2 Å². The molecule has 0 heterocycles. The Bertz CT molecular complexity index is 396. The predicted molar refractivity (Wildman–Crippen MR) is 82.7 cm³/mol. The van der Waals surface area contributed by atoms with Crippen LogP contribution in [0.15, 0.2) is 24.3 Å². The highest BCUT2D eigenvalue weighted by Crippen LogP contribution is 2.17. The molecule has 0 saturated carbocycles. The van der Waals surface area contributed by atoms with Crippen LogP contribution in [-0.2, 0) is 4.74 Å². The van der Waals surface area contributed by atoms with E-state index in [-0.39, 0.29) is 0 Å². The van der Waals surface area contributed by atoms with E-state index in [4.69, 9.17) is 27.4 Å². The van der Waals surface area contributed by atoms with Crippen molar-refractivity contribution in [1.29, 1.82) is 0 Å². The third-order valence-corrected chi connectivity index (χ3v) is 2.87. The maximum atomic E-state index is 5.56. The summed E-state index contributed by atoms with van der Waals surface area (Å²) in [6.45, 7) is 8.54. The van der Waals surface area contributed by atoms with E-state index < -0.39 is 0 Å². The molecular formula is C15H23NO2S. The van der Waals surface area contributed by atoms with E-state index in [1.54, 1.807) is 0 Å². The van der Waals surface area contributed by atoms with E-state index >= 15 is 0 Å². The van der Waals surface area contributed by atoms with Crippen molar-refractivity contribution in [1.82, 2.24) is 0 Å². The molecule has 0 saturated heterocycles. The highest BCUT2D eigenvalue weighted by Gasteiger charge is 2.09. The molecule has 0 atom stereocenters. The summed E-state index contributed by atoms with van der Waals surface area (Å²) in [7, 11) is 0. The van der Waals surface area contributed by atoms with Crippen LogP contribution < -0.4 is 10.5 Å². The molecule has 4 heteroatoms. The van der Waals surface area contributed by atoms with Crippen molar-refractivity contribution in [2.24, 2.45) is 11.1 Å². The van der Waals surface area contributed by atoms with Gasteiger partial charge in [0.15, 0.2) is 0 Å². The standard InChI is InChI=1S/C15H23NO2S/c1-15(2,3)8-9-17-10-11-18-13-6-4-12(5-7-13)14(16)19/h4-7H,8-11H2,1-3H3,(H2,16,19). The number of benzene rings is 1. The number of ether oxygens (including phenoxy) is 2. The second-order valence-corrected chi connectivity index (χ2v) is 6.10. The van der Waals surface area contributed by atoms with E-state index in [0.29, 0.717) is 23.6 Å². The van der Waals surface area contributed by atoms with Crippen molar-refractivity contribution in [2.75, 3.05) is 19.8 Å². The van der Waals surface area contributed by atoms with E-state index in [1.807, 2.05) is 24.3 Å². The first-order valence-corrected chi connectivity index (χ1v) is 6.90. The van der Waals surface area contributed by atoms with Gasteiger partial charge in [0.1, 0.15) is 17.3 Å². The maximum Gasteiger partial charge on any atom is 0.119 e. The molecule has 0 aromatic heterocycles. The van der Waals surface area contributed by atoms with Crippen LogP contribution in [-0.4, -0.2) is 24.8 Å². The molecule has 106 valence electrons. The molecule has 0 aliphatic carbocycles. The molecule has 0 unspecified atom stereocenters. The lowest BCUT2D eigenvalue weighted by atomic mass is 9.93. The molecule has 1 aromatic rings. The van der Waals surface area contributed by atoms with E-state index in [2.05, 4.69) is 20.8 Å². The quantitative estimate of drug-likeness (QED) is 0.616. The van der Waals surface area contributed by atoms with Gasteiger partial charge in [-0.05, 0) is 36.1 Å². The summed E-state index contributed by atoms with van der Waals surface area (Å²) in [5.74, 6) is 0.805. The first-order chi connectivity index (χ1) is 8.88. The van der Waals surface area contributed by atoms with Gasteiger partial charge in [0.25, 0.3) is 0 Å². The first-order valence-electron chi connectivity index (χ1n) is 6.49. The van der Waals surface area contributed by atoms with Crippen LogP contribution >= 0.6 is 12.2 Å². The molecule has 0 fully saturated rings. The Morgan fingerprint density at radius 2 is 1.74 bits per heavy atom. The highest BCUT2D eigenvalue weighted by atomic mass is 32.1. The van der Waals surface area contributed by atoms with Crippen LogP contribution in [0.1, 0.15) is 32.8 Å². The monoisotopic (exact) mass is 281 g/mol. The van der Waals surface area contributed by atoms with Crippen LogP contribution in [0, 0.1) is 5.41 Å². The number of thiocarbonyl (C=S) groups is 1. The smallest absolute Gasteiger partial charge is 0.119 e. The minimum atomic E-state index is 0.317. The fourth-order valence-corrected chi connectivity index (χ4v) is 1.55. The minimum Gasteiger partial charge on any atom is -0.491 e. The summed E-state index contributed by atoms with van der Waals surface area (Å²) in [5.41, 5.74) is 6.69. The molecule has 0 aliphatic heterocycles. The van der Waals surface area contributed by atoms with Crippen LogP contribution in [0.2, 0.25) is 0 Å². The van der Waals surface area contributed by atoms with Crippen molar-refractivity contribution >= 4 is 17.2 Å². The number of rotatable bonds is 7. The van der Waals surface area contributed by atoms with Gasteiger partial charge in [-0.15, -0.1) is 0 Å². The average Bonchev–Trinajstić information content (AvgIpc) is 2.33. The molecule has 0 radical (unpaired) electrons. The molecule has 1 aromatic carbocycles. The Morgan fingerprint density at radius 3 is 2.26 bits per heavy atom. The predicted octanol–water partition coefficient (Wildman–Crippen LogP) is 3.15. The Labute approximate surface area is 121 Å². The fraction of sp³-hybridized carbons (Fsp3) is 0.533. The Balaban J connectivity index is 2.17. The van der Waals surface area contributed by atoms with Gasteiger partial charge in [-0.25, -0.2) is 0 Å². The van der Waals surface area contributed by atoms with Crippen LogP contribution in [0.3, 0.4) is 0 Å². The molecule has 0 spiro atoms. The van der Waals surface area contributed by atoms with E-state index in [0.717, 1.165) is 24.3 Å². The highest BCUT2D eigenvalue weighted by molar-refractivity contribution is 7.80. The second-order valence-electron chi connectivity index (χ2n) is 5.66. The van der Waals surface area contributed by atoms with Crippen LogP contribution in [0.25, 0.3) is 0 Å². The Morgan fingerprint density at radius 1 is 1.11 bits per heavy atom. The van der Waals surface area contributed by atoms with Gasteiger partial charge >= 0.3 is 0 Å². The summed E-state index contributed by atoms with van der Waals surface area (Å²) in [5, 5.41) is 0. The second kappa shape index (κ2) is 7.46. The van der Waals surface area contributed by atoms with Crippen molar-refractivity contribution in [3.8, 4) is 5.75 Å². The largest absolute Gasteiger partial charge is 0.491 e. The molecule has 0 amide bonds. The molecular weight excluding hydrogens is 258 g/mol. The lowest BCUT2D eigenvalue weighted by Crippen LogP contribution is -2.13. The lowest BCUT2D eigenvalue weighted by Gasteiger charge is -2.17. The minimum absolute atomic E-state index is 0.317. The van der Waals surface area contributed by atoms with Crippen molar-refractivity contribution < 1.29 is 9.47 Å². The summed E-state index contributed by atoms with van der Waals surface area (Å²) >= 11 is 4.89. The molecule has 0 aliphatic rings. The topological polar surface area (TPSA) is 44.5 Å². The van der Waals surface area contributed by atoms with Gasteiger partial charge in [-0.2, -0.15) is 0 Å². The normalized spacial score (nSPS) is 11.3. The number of hydrogen-bond donors (Lipinski definition) is 1. The zero-order valence-electron chi connectivity index (χ0n) is 11.9. The molecule has 2 N–H and O–H groups in total. The molecule has 0 bridgehead atoms. The molecule has 1 rings (SSSR count). The van der Waals surface area contributed by atoms with Gasteiger partial charge < -0.3 is 15.2 Å². The Kier molecular flexibility index (Phi) is 6.25. The van der Waals surface area contributed by atoms with Gasteiger partial charge in [-0.3, -0.25) is 0 Å². The maximum absolute atomic E-state index is 5.56. The third kappa shape index (κ3) is 7.13. The Hall–Kier alpha value is -1.13. The summed E-state index contributed by atoms with van der Waals surface area (Å²) in [6.07, 6.45) is 1.05. The van der Waals surface area contributed by atoms with E-state index in [9.17, 15) is 0 Å². The molecule has 3 nitrogen and oxygen atoms in total. The fourth-order valence-electron chi connectivity index (χ4n) is 1.41. The molecule has 19 heavy (non-hydrogen) atoms. The van der Waals surface area contributed by atoms with E-state index in [1.165, 1.54) is 0 Å². The van der Waals surface area contributed by atoms with Crippen LogP contribution in [0.4, 0.5) is 0 Å². The van der Waals surface area contributed by atoms with Crippen LogP contribution in [0.5, 0.6) is 5.75 Å². The van der Waals surface area contributed by atoms with Gasteiger partial charge in [0.2, 0.25) is 0 Å². The van der Waals surface area contributed by atoms with Crippen molar-refractivity contribution in [3.05, 3.63) is 29.8 Å². The average molecular weight is 281 g/mol. The van der Waals surface area contributed by atoms with Crippen molar-refractivity contribution in [3.63, 3.8) is 0 Å². The number of nitrogens with two attached hydrogens (primary N) is 1. The SMILES string of the molecule is CC(C)(C)CCOCCOc1ccc(C(N)=S)cc1. The van der Waals surface area contributed by atoms with Gasteiger partial charge in [-0.1, -0.05) is 33.0 Å². The summed E-state index contributed by atoms with van der Waals surface area (Å²) in [4.78, 5) is 0.400. The zero-order chi connectivity index (χ0) is 14.3. The summed E-state index contributed by atoms with van der Waals surface area (Å²) < 4.78 is 11.1.